The average molecular weight is 219 g/mol. The van der Waals surface area contributed by atoms with E-state index in [1.165, 1.54) is 18.6 Å². The highest BCUT2D eigenvalue weighted by atomic mass is 19.1. The predicted octanol–water partition coefficient (Wildman–Crippen LogP) is 1.01. The first-order valence-electron chi connectivity index (χ1n) is 4.72. The first-order chi connectivity index (χ1) is 7.66. The Bertz CT molecular complexity index is 565. The summed E-state index contributed by atoms with van der Waals surface area (Å²) in [5.74, 6) is -0.292. The zero-order valence-corrected chi connectivity index (χ0v) is 8.43. The van der Waals surface area contributed by atoms with Crippen molar-refractivity contribution in [2.24, 2.45) is 0 Å². The Morgan fingerprint density at radius 3 is 2.81 bits per heavy atom. The molecule has 0 saturated carbocycles. The van der Waals surface area contributed by atoms with E-state index in [0.29, 0.717) is 12.1 Å². The van der Waals surface area contributed by atoms with Gasteiger partial charge in [-0.05, 0) is 6.07 Å². The smallest absolute Gasteiger partial charge is 0.295 e. The molecule has 82 valence electrons. The van der Waals surface area contributed by atoms with Gasteiger partial charge in [0.1, 0.15) is 11.5 Å². The summed E-state index contributed by atoms with van der Waals surface area (Å²) in [4.78, 5) is 14.5. The molecule has 0 saturated heterocycles. The lowest BCUT2D eigenvalue weighted by molar-refractivity contribution is 0.597. The molecule has 0 radical (unpaired) electrons. The molecule has 0 atom stereocenters. The Balaban J connectivity index is 2.31. The van der Waals surface area contributed by atoms with E-state index in [0.717, 1.165) is 0 Å². The molecule has 0 amide bonds. The maximum Gasteiger partial charge on any atom is 0.295 e. The molecule has 1 heterocycles. The number of rotatable bonds is 2. The van der Waals surface area contributed by atoms with Crippen LogP contribution in [0.25, 0.3) is 0 Å². The van der Waals surface area contributed by atoms with Crippen molar-refractivity contribution in [3.63, 3.8) is 0 Å². The van der Waals surface area contributed by atoms with E-state index in [-0.39, 0.29) is 11.5 Å². The molecule has 2 rings (SSSR count). The van der Waals surface area contributed by atoms with Crippen molar-refractivity contribution in [1.29, 1.82) is 0 Å². The second-order valence-electron chi connectivity index (χ2n) is 3.40. The summed E-state index contributed by atoms with van der Waals surface area (Å²) in [6.07, 6.45) is 2.78. The van der Waals surface area contributed by atoms with Gasteiger partial charge in [0.05, 0.1) is 12.9 Å². The van der Waals surface area contributed by atoms with Crippen LogP contribution in [0.3, 0.4) is 0 Å². The van der Waals surface area contributed by atoms with Gasteiger partial charge < -0.3 is 10.3 Å². The Hall–Kier alpha value is -2.17. The van der Waals surface area contributed by atoms with Crippen LogP contribution in [0.1, 0.15) is 5.56 Å². The van der Waals surface area contributed by atoms with Gasteiger partial charge in [0.2, 0.25) is 0 Å². The largest absolute Gasteiger partial charge is 0.393 e. The van der Waals surface area contributed by atoms with E-state index >= 15 is 0 Å². The fourth-order valence-electron chi connectivity index (χ4n) is 1.38. The molecule has 0 bridgehead atoms. The van der Waals surface area contributed by atoms with Crippen LogP contribution in [0, 0.1) is 5.82 Å². The number of hydrogen-bond donors (Lipinski definition) is 1. The molecule has 0 fully saturated rings. The van der Waals surface area contributed by atoms with E-state index in [2.05, 4.69) is 4.98 Å². The minimum Gasteiger partial charge on any atom is -0.393 e. The number of nitrogens with zero attached hydrogens (tertiary/aromatic N) is 2. The van der Waals surface area contributed by atoms with Crippen LogP contribution >= 0.6 is 0 Å². The molecule has 2 N–H and O–H groups in total. The fraction of sp³-hybridized carbons (Fsp3) is 0.0909. The Morgan fingerprint density at radius 2 is 2.12 bits per heavy atom. The van der Waals surface area contributed by atoms with E-state index < -0.39 is 5.56 Å². The number of nitrogen functional groups attached to an aromatic ring is 1. The molecule has 2 aromatic rings. The molecular formula is C11H10FN3O. The van der Waals surface area contributed by atoms with E-state index in [9.17, 15) is 9.18 Å². The topological polar surface area (TPSA) is 60.9 Å². The van der Waals surface area contributed by atoms with E-state index in [1.54, 1.807) is 22.8 Å². The number of nitrogens with two attached hydrogens (primary N) is 1. The van der Waals surface area contributed by atoms with Crippen LogP contribution in [0.2, 0.25) is 0 Å². The highest BCUT2D eigenvalue weighted by molar-refractivity contribution is 5.30. The Kier molecular flexibility index (Phi) is 2.68. The summed E-state index contributed by atoms with van der Waals surface area (Å²) in [6.45, 7) is 0.296. The maximum atomic E-state index is 13.3. The first kappa shape index (κ1) is 10.4. The molecule has 1 aromatic carbocycles. The Morgan fingerprint density at radius 1 is 1.38 bits per heavy atom. The molecule has 0 aliphatic heterocycles. The Labute approximate surface area is 91.2 Å². The van der Waals surface area contributed by atoms with Gasteiger partial charge in [-0.25, -0.2) is 4.39 Å². The third-order valence-corrected chi connectivity index (χ3v) is 2.19. The summed E-state index contributed by atoms with van der Waals surface area (Å²) >= 11 is 0. The van der Waals surface area contributed by atoms with Crippen molar-refractivity contribution in [2.75, 3.05) is 5.73 Å². The second kappa shape index (κ2) is 4.14. The molecule has 4 nitrogen and oxygen atoms in total. The standard InChI is InChI=1S/C11H10FN3O/c12-9-4-2-1-3-8(9)5-15-6-10(13)11(16)14-7-15/h1-4,6-7H,5,13H2. The number of benzene rings is 1. The van der Waals surface area contributed by atoms with Crippen molar-refractivity contribution in [3.8, 4) is 0 Å². The monoisotopic (exact) mass is 219 g/mol. The van der Waals surface area contributed by atoms with Gasteiger partial charge in [0.25, 0.3) is 5.56 Å². The molecule has 0 aliphatic carbocycles. The van der Waals surface area contributed by atoms with Crippen molar-refractivity contribution in [2.45, 2.75) is 6.54 Å². The second-order valence-corrected chi connectivity index (χ2v) is 3.40. The van der Waals surface area contributed by atoms with Gasteiger partial charge in [0.15, 0.2) is 0 Å². The zero-order chi connectivity index (χ0) is 11.5. The first-order valence-corrected chi connectivity index (χ1v) is 4.72. The SMILES string of the molecule is Nc1cn(Cc2ccccc2F)cnc1=O. The molecule has 1 aromatic heterocycles. The van der Waals surface area contributed by atoms with Crippen LogP contribution in [0.15, 0.2) is 41.6 Å². The lowest BCUT2D eigenvalue weighted by Crippen LogP contribution is -2.15. The number of halogens is 1. The molecule has 0 aliphatic rings. The molecule has 16 heavy (non-hydrogen) atoms. The van der Waals surface area contributed by atoms with E-state index in [1.807, 2.05) is 0 Å². The van der Waals surface area contributed by atoms with Crippen molar-refractivity contribution in [1.82, 2.24) is 9.55 Å². The lowest BCUT2D eigenvalue weighted by atomic mass is 10.2. The summed E-state index contributed by atoms with van der Waals surface area (Å²) in [6, 6.07) is 6.42. The highest BCUT2D eigenvalue weighted by Crippen LogP contribution is 2.08. The van der Waals surface area contributed by atoms with Crippen LogP contribution in [0.4, 0.5) is 10.1 Å². The van der Waals surface area contributed by atoms with Crippen LogP contribution in [0.5, 0.6) is 0 Å². The number of anilines is 1. The van der Waals surface area contributed by atoms with Gasteiger partial charge in [-0.15, -0.1) is 0 Å². The summed E-state index contributed by atoms with van der Waals surface area (Å²) in [5.41, 5.74) is 5.53. The van der Waals surface area contributed by atoms with Crippen molar-refractivity contribution >= 4 is 5.69 Å². The average Bonchev–Trinajstić information content (AvgIpc) is 2.27. The molecule has 0 spiro atoms. The van der Waals surface area contributed by atoms with Gasteiger partial charge in [-0.2, -0.15) is 4.98 Å². The quantitative estimate of drug-likeness (QED) is 0.820. The number of aromatic nitrogens is 2. The van der Waals surface area contributed by atoms with Crippen molar-refractivity contribution in [3.05, 3.63) is 58.5 Å². The molecular weight excluding hydrogens is 209 g/mol. The zero-order valence-electron chi connectivity index (χ0n) is 8.43. The minimum atomic E-state index is -0.468. The van der Waals surface area contributed by atoms with Gasteiger partial charge in [-0.3, -0.25) is 4.79 Å². The van der Waals surface area contributed by atoms with Gasteiger partial charge in [0, 0.05) is 11.8 Å². The van der Waals surface area contributed by atoms with Crippen LogP contribution in [-0.4, -0.2) is 9.55 Å². The highest BCUT2D eigenvalue weighted by Gasteiger charge is 2.02. The maximum absolute atomic E-state index is 13.3. The summed E-state index contributed by atoms with van der Waals surface area (Å²) in [7, 11) is 0. The van der Waals surface area contributed by atoms with Gasteiger partial charge >= 0.3 is 0 Å². The minimum absolute atomic E-state index is 0.0545. The van der Waals surface area contributed by atoms with Crippen LogP contribution in [-0.2, 0) is 6.54 Å². The van der Waals surface area contributed by atoms with Crippen LogP contribution < -0.4 is 11.3 Å². The third kappa shape index (κ3) is 2.08. The fourth-order valence-corrected chi connectivity index (χ4v) is 1.38. The van der Waals surface area contributed by atoms with Crippen molar-refractivity contribution < 1.29 is 4.39 Å². The van der Waals surface area contributed by atoms with Gasteiger partial charge in [-0.1, -0.05) is 18.2 Å². The summed E-state index contributed by atoms with van der Waals surface area (Å²) < 4.78 is 14.9. The lowest BCUT2D eigenvalue weighted by Gasteiger charge is -2.06. The molecule has 5 heteroatoms. The van der Waals surface area contributed by atoms with E-state index in [4.69, 9.17) is 5.73 Å². The predicted molar refractivity (Wildman–Crippen MR) is 58.4 cm³/mol. The molecule has 0 unspecified atom stereocenters. The summed E-state index contributed by atoms with van der Waals surface area (Å²) in [5, 5.41) is 0. The third-order valence-electron chi connectivity index (χ3n) is 2.19. The number of hydrogen-bond acceptors (Lipinski definition) is 3. The normalized spacial score (nSPS) is 10.3.